The maximum absolute atomic E-state index is 7.25. The quantitative estimate of drug-likeness (QED) is 0.128. The van der Waals surface area contributed by atoms with Gasteiger partial charge in [-0.3, -0.25) is 0 Å². The van der Waals surface area contributed by atoms with Gasteiger partial charge in [0.25, 0.3) is 0 Å². The van der Waals surface area contributed by atoms with Gasteiger partial charge in [-0.25, -0.2) is 0 Å². The Morgan fingerprint density at radius 1 is 0.400 bits per heavy atom. The van der Waals surface area contributed by atoms with Gasteiger partial charge in [0.1, 0.15) is 0 Å². The number of imidazole rings is 1. The molecule has 0 amide bonds. The molecule has 2 aliphatic heterocycles. The van der Waals surface area contributed by atoms with Gasteiger partial charge >= 0.3 is 306 Å². The SMILES string of the molecule is Cc1cc(N2c3[c-]c(Oc4[c-]c(-n5[c](=[Pt])n(-c6c(-c7ccccc7)cccc6-c6ccccc6)c6ccccc65)ccc4)ccc3C3(c4ccccc42)c2cc(C(C)(C)C)ccc2N(c2ccccc2)c2ccc(C(C)(C)C)cc23)ncc1-c1ccc(-c2ccccc2)cc1. The van der Waals surface area contributed by atoms with E-state index >= 15 is 0 Å². The van der Waals surface area contributed by atoms with Crippen LogP contribution in [0.25, 0.3) is 66.9 Å². The molecule has 0 atom stereocenters. The summed E-state index contributed by atoms with van der Waals surface area (Å²) in [5, 5.41) is 0. The number of pyridine rings is 1. The number of aryl methyl sites for hydroxylation is 1. The molecule has 1 spiro atoms. The van der Waals surface area contributed by atoms with E-state index in [1.54, 1.807) is 0 Å². The Bertz CT molecular complexity index is 5210. The number of aromatic nitrogens is 3. The number of fused-ring (bicyclic) bond motifs is 9. The normalized spacial score (nSPS) is 13.1. The minimum atomic E-state index is -0.876. The van der Waals surface area contributed by atoms with Crippen molar-refractivity contribution in [1.82, 2.24) is 14.1 Å². The number of para-hydroxylation sites is 5. The van der Waals surface area contributed by atoms with Gasteiger partial charge in [-0.05, 0) is 75.4 Å². The Morgan fingerprint density at radius 2 is 0.895 bits per heavy atom. The van der Waals surface area contributed by atoms with Gasteiger partial charge in [-0.1, -0.05) is 157 Å². The zero-order valence-corrected chi connectivity index (χ0v) is 56.4. The fraction of sp³-hybridized carbons (Fsp3) is 0.114. The van der Waals surface area contributed by atoms with Crippen molar-refractivity contribution in [1.29, 1.82) is 0 Å². The molecule has 4 heterocycles. The Morgan fingerprint density at radius 3 is 1.49 bits per heavy atom. The summed E-state index contributed by atoms with van der Waals surface area (Å²) in [5.74, 6) is 1.88. The van der Waals surface area contributed by atoms with Crippen molar-refractivity contribution in [3.05, 3.63) is 346 Å². The average molecular weight is 1410 g/mol. The third kappa shape index (κ3) is 10.1. The van der Waals surface area contributed by atoms with Crippen LogP contribution < -0.4 is 14.5 Å². The molecule has 95 heavy (non-hydrogen) atoms. The molecule has 0 bridgehead atoms. The molecule has 0 radical (unpaired) electrons. The summed E-state index contributed by atoms with van der Waals surface area (Å²) in [4.78, 5) is 10.3. The first kappa shape index (κ1) is 59.4. The molecular weight excluding hydrogens is 1340 g/mol. The molecule has 6 nitrogen and oxygen atoms in total. The second kappa shape index (κ2) is 23.4. The topological polar surface area (TPSA) is 38.5 Å². The molecule has 0 unspecified atom stereocenters. The first-order chi connectivity index (χ1) is 46.2. The number of benzene rings is 12. The van der Waals surface area contributed by atoms with Crippen molar-refractivity contribution in [3.8, 4) is 67.4 Å². The molecule has 14 aromatic rings. The summed E-state index contributed by atoms with van der Waals surface area (Å²) < 4.78 is 12.9. The molecule has 0 aliphatic carbocycles. The minimum Gasteiger partial charge on any atom is -0.310 e. The van der Waals surface area contributed by atoms with Gasteiger partial charge in [-0.2, -0.15) is 0 Å². The average Bonchev–Trinajstić information content (AvgIpc) is 1.21. The van der Waals surface area contributed by atoms with Gasteiger partial charge in [-0.15, -0.1) is 0 Å². The Kier molecular flexibility index (Phi) is 14.6. The summed E-state index contributed by atoms with van der Waals surface area (Å²) in [5.41, 5.74) is 25.3. The molecule has 7 heteroatoms. The van der Waals surface area contributed by atoms with Gasteiger partial charge in [0, 0.05) is 28.8 Å². The number of rotatable bonds is 10. The molecule has 0 N–H and O–H groups in total. The van der Waals surface area contributed by atoms with Crippen LogP contribution >= 0.6 is 0 Å². The number of hydrogen-bond donors (Lipinski definition) is 0. The smallest absolute Gasteiger partial charge is 0.310 e. The Balaban J connectivity index is 0.899. The van der Waals surface area contributed by atoms with Crippen LogP contribution in [0.2, 0.25) is 0 Å². The van der Waals surface area contributed by atoms with E-state index < -0.39 is 5.41 Å². The zero-order valence-electron chi connectivity index (χ0n) is 54.2. The molecule has 2 aromatic heterocycles. The van der Waals surface area contributed by atoms with Crippen molar-refractivity contribution in [2.75, 3.05) is 9.80 Å². The second-order valence-corrected chi connectivity index (χ2v) is 28.0. The van der Waals surface area contributed by atoms with Crippen LogP contribution in [0.15, 0.2) is 291 Å². The fourth-order valence-electron chi connectivity index (χ4n) is 14.4. The number of nitrogens with zero attached hydrogens (tertiary/aromatic N) is 5. The molecular formula is C88H69N5OPt-2. The Labute approximate surface area is 567 Å². The minimum absolute atomic E-state index is 0.173. The van der Waals surface area contributed by atoms with E-state index in [9.17, 15) is 0 Å². The maximum atomic E-state index is 7.25. The Hall–Kier alpha value is -10.7. The van der Waals surface area contributed by atoms with E-state index in [1.807, 2.05) is 12.3 Å². The molecule has 0 saturated carbocycles. The zero-order chi connectivity index (χ0) is 64.7. The van der Waals surface area contributed by atoms with Crippen LogP contribution in [-0.4, -0.2) is 14.1 Å². The van der Waals surface area contributed by atoms with E-state index in [0.717, 1.165) is 111 Å². The predicted octanol–water partition coefficient (Wildman–Crippen LogP) is 22.8. The predicted molar refractivity (Wildman–Crippen MR) is 387 cm³/mol. The van der Waals surface area contributed by atoms with Crippen LogP contribution in [-0.2, 0) is 35.6 Å². The van der Waals surface area contributed by atoms with Crippen molar-refractivity contribution in [2.24, 2.45) is 0 Å². The molecule has 2 aliphatic rings. The van der Waals surface area contributed by atoms with Crippen LogP contribution in [0, 0.1) is 22.9 Å². The van der Waals surface area contributed by atoms with Crippen molar-refractivity contribution >= 4 is 45.3 Å². The van der Waals surface area contributed by atoms with E-state index in [4.69, 9.17) is 9.72 Å². The molecule has 12 aromatic carbocycles. The summed E-state index contributed by atoms with van der Waals surface area (Å²) in [6.07, 6.45) is 2.04. The van der Waals surface area contributed by atoms with Crippen LogP contribution in [0.1, 0.15) is 80.5 Å². The van der Waals surface area contributed by atoms with E-state index in [0.29, 0.717) is 11.5 Å². The molecule has 16 rings (SSSR count). The number of ether oxygens (including phenoxy) is 1. The van der Waals surface area contributed by atoms with Crippen LogP contribution in [0.3, 0.4) is 0 Å². The van der Waals surface area contributed by atoms with Crippen molar-refractivity contribution in [3.63, 3.8) is 0 Å². The fourth-order valence-corrected chi connectivity index (χ4v) is 15.5. The monoisotopic (exact) mass is 1410 g/mol. The number of anilines is 6. The third-order valence-electron chi connectivity index (χ3n) is 19.1. The van der Waals surface area contributed by atoms with Crippen LogP contribution in [0.5, 0.6) is 11.5 Å². The first-order valence-corrected chi connectivity index (χ1v) is 33.7. The van der Waals surface area contributed by atoms with Crippen molar-refractivity contribution < 1.29 is 24.1 Å². The van der Waals surface area contributed by atoms with E-state index in [-0.39, 0.29) is 10.8 Å². The van der Waals surface area contributed by atoms with Gasteiger partial charge in [0.15, 0.2) is 0 Å². The molecule has 0 fully saturated rings. The summed E-state index contributed by atoms with van der Waals surface area (Å²) in [6.45, 7) is 16.1. The number of hydrogen-bond acceptors (Lipinski definition) is 4. The van der Waals surface area contributed by atoms with Gasteiger partial charge in [0.2, 0.25) is 0 Å². The second-order valence-electron chi connectivity index (χ2n) is 27.0. The van der Waals surface area contributed by atoms with Crippen LogP contribution in [0.4, 0.5) is 34.3 Å². The van der Waals surface area contributed by atoms with Gasteiger partial charge < -0.3 is 4.90 Å². The summed E-state index contributed by atoms with van der Waals surface area (Å²) in [6, 6.07) is 111. The summed E-state index contributed by atoms with van der Waals surface area (Å²) in [7, 11) is 0. The molecule has 464 valence electrons. The summed E-state index contributed by atoms with van der Waals surface area (Å²) >= 11 is 2.51. The molecule has 0 saturated heterocycles. The van der Waals surface area contributed by atoms with E-state index in [2.05, 4.69) is 378 Å². The first-order valence-electron chi connectivity index (χ1n) is 32.6. The third-order valence-corrected chi connectivity index (χ3v) is 20.1. The standard InChI is InChI=1S/C88H69N5O.Pt/c1-59-52-84(89-57-73(59)64-44-42-61(43-45-64)60-26-12-8-13-27-60)93-78-39-21-20-38-74(78)88(76-53-65(86(2,3)4)46-50-79(76)92(67-32-18-11-19-33-67)80-51-47-66(54-77(80)88)87(5,6)7)75-49-48-70(56-83(75)93)94-69-35-24-34-68(55-69)90-58-91(82-41-23-22-40-81(82)90)85-71(62-28-14-9-15-29-62)36-25-37-72(85)63-30-16-10-17-31-63;/h8-54,57H,1-7H3;/q-2;. The van der Waals surface area contributed by atoms with E-state index in [1.165, 1.54) is 33.4 Å². The van der Waals surface area contributed by atoms with Gasteiger partial charge in [0.05, 0.1) is 0 Å². The van der Waals surface area contributed by atoms with Crippen molar-refractivity contribution in [2.45, 2.75) is 64.7 Å².